The van der Waals surface area contributed by atoms with Gasteiger partial charge in [-0.15, -0.1) is 0 Å². The number of rotatable bonds is 3. The molecule has 2 amide bonds. The average molecular weight is 269 g/mol. The smallest absolute Gasteiger partial charge is 0.245 e. The SMILES string of the molecule is C[C@H](N)C(=O)N[C@H](C(=O)N1CCC[C@H]1C)C(C)(C)C. The van der Waals surface area contributed by atoms with E-state index in [1.807, 2.05) is 25.7 Å². The fourth-order valence-corrected chi connectivity index (χ4v) is 2.35. The third kappa shape index (κ3) is 3.93. The van der Waals surface area contributed by atoms with Gasteiger partial charge >= 0.3 is 0 Å². The van der Waals surface area contributed by atoms with Crippen molar-refractivity contribution in [2.75, 3.05) is 6.54 Å². The Labute approximate surface area is 115 Å². The van der Waals surface area contributed by atoms with Gasteiger partial charge in [0, 0.05) is 12.6 Å². The maximum absolute atomic E-state index is 12.6. The predicted molar refractivity (Wildman–Crippen MR) is 75.4 cm³/mol. The summed E-state index contributed by atoms with van der Waals surface area (Å²) < 4.78 is 0. The first kappa shape index (κ1) is 16.0. The highest BCUT2D eigenvalue weighted by Gasteiger charge is 2.38. The number of hydrogen-bond donors (Lipinski definition) is 2. The molecule has 1 aliphatic heterocycles. The lowest BCUT2D eigenvalue weighted by atomic mass is 9.85. The summed E-state index contributed by atoms with van der Waals surface area (Å²) in [4.78, 5) is 26.3. The highest BCUT2D eigenvalue weighted by molar-refractivity contribution is 5.90. The molecule has 1 fully saturated rings. The zero-order valence-corrected chi connectivity index (χ0v) is 12.7. The normalized spacial score (nSPS) is 23.1. The number of nitrogens with two attached hydrogens (primary N) is 1. The zero-order chi connectivity index (χ0) is 14.8. The van der Waals surface area contributed by atoms with Gasteiger partial charge in [0.05, 0.1) is 6.04 Å². The minimum Gasteiger partial charge on any atom is -0.342 e. The van der Waals surface area contributed by atoms with Crippen molar-refractivity contribution in [1.82, 2.24) is 10.2 Å². The minimum atomic E-state index is -0.603. The number of carbonyl (C=O) groups excluding carboxylic acids is 2. The van der Waals surface area contributed by atoms with Crippen molar-refractivity contribution >= 4 is 11.8 Å². The van der Waals surface area contributed by atoms with Gasteiger partial charge in [0.25, 0.3) is 0 Å². The molecule has 0 radical (unpaired) electrons. The Balaban J connectivity index is 2.85. The number of amides is 2. The first-order valence-electron chi connectivity index (χ1n) is 7.01. The second-order valence-electron chi connectivity index (χ2n) is 6.62. The Morgan fingerprint density at radius 2 is 1.95 bits per heavy atom. The molecule has 0 bridgehead atoms. The zero-order valence-electron chi connectivity index (χ0n) is 12.7. The maximum atomic E-state index is 12.6. The lowest BCUT2D eigenvalue weighted by Crippen LogP contribution is -2.57. The first-order valence-corrected chi connectivity index (χ1v) is 7.01. The Bertz CT molecular complexity index is 347. The van der Waals surface area contributed by atoms with Gasteiger partial charge < -0.3 is 16.0 Å². The molecule has 0 aromatic rings. The number of carbonyl (C=O) groups is 2. The highest BCUT2D eigenvalue weighted by atomic mass is 16.2. The lowest BCUT2D eigenvalue weighted by molar-refractivity contribution is -0.140. The molecule has 1 aliphatic rings. The molecule has 1 saturated heterocycles. The second-order valence-corrected chi connectivity index (χ2v) is 6.62. The molecule has 110 valence electrons. The number of hydrogen-bond acceptors (Lipinski definition) is 3. The van der Waals surface area contributed by atoms with Crippen molar-refractivity contribution in [1.29, 1.82) is 0 Å². The first-order chi connectivity index (χ1) is 8.64. The van der Waals surface area contributed by atoms with Crippen LogP contribution >= 0.6 is 0 Å². The van der Waals surface area contributed by atoms with Crippen molar-refractivity contribution in [3.63, 3.8) is 0 Å². The number of likely N-dealkylation sites (tertiary alicyclic amines) is 1. The van der Waals surface area contributed by atoms with Crippen LogP contribution in [0.25, 0.3) is 0 Å². The number of nitrogens with one attached hydrogen (secondary N) is 1. The summed E-state index contributed by atoms with van der Waals surface area (Å²) in [6.45, 7) is 10.3. The van der Waals surface area contributed by atoms with Crippen LogP contribution in [0.4, 0.5) is 0 Å². The summed E-state index contributed by atoms with van der Waals surface area (Å²) in [6, 6.07) is -0.871. The molecular weight excluding hydrogens is 242 g/mol. The van der Waals surface area contributed by atoms with Crippen LogP contribution in [0.15, 0.2) is 0 Å². The summed E-state index contributed by atoms with van der Waals surface area (Å²) in [5.41, 5.74) is 5.24. The molecule has 5 nitrogen and oxygen atoms in total. The molecule has 0 aliphatic carbocycles. The van der Waals surface area contributed by atoms with Gasteiger partial charge in [-0.3, -0.25) is 9.59 Å². The van der Waals surface area contributed by atoms with E-state index in [9.17, 15) is 9.59 Å². The molecule has 19 heavy (non-hydrogen) atoms. The minimum absolute atomic E-state index is 0.00602. The van der Waals surface area contributed by atoms with Crippen molar-refractivity contribution in [2.45, 2.75) is 65.6 Å². The summed E-state index contributed by atoms with van der Waals surface area (Å²) in [7, 11) is 0. The van der Waals surface area contributed by atoms with Gasteiger partial charge in [-0.2, -0.15) is 0 Å². The van der Waals surface area contributed by atoms with Gasteiger partial charge in [0.15, 0.2) is 0 Å². The largest absolute Gasteiger partial charge is 0.342 e. The molecule has 3 N–H and O–H groups in total. The van der Waals surface area contributed by atoms with E-state index in [2.05, 4.69) is 12.2 Å². The van der Waals surface area contributed by atoms with Gasteiger partial charge in [-0.05, 0) is 32.1 Å². The highest BCUT2D eigenvalue weighted by Crippen LogP contribution is 2.25. The quantitative estimate of drug-likeness (QED) is 0.798. The monoisotopic (exact) mass is 269 g/mol. The van der Waals surface area contributed by atoms with E-state index < -0.39 is 12.1 Å². The summed E-state index contributed by atoms with van der Waals surface area (Å²) in [6.07, 6.45) is 2.06. The van der Waals surface area contributed by atoms with E-state index >= 15 is 0 Å². The molecule has 0 aromatic heterocycles. The van der Waals surface area contributed by atoms with E-state index in [-0.39, 0.29) is 23.3 Å². The predicted octanol–water partition coefficient (Wildman–Crippen LogP) is 0.875. The summed E-state index contributed by atoms with van der Waals surface area (Å²) in [5, 5.41) is 2.80. The third-order valence-corrected chi connectivity index (χ3v) is 3.65. The molecule has 1 heterocycles. The topological polar surface area (TPSA) is 75.4 Å². The van der Waals surface area contributed by atoms with E-state index in [0.29, 0.717) is 0 Å². The third-order valence-electron chi connectivity index (χ3n) is 3.65. The Kier molecular flexibility index (Phi) is 4.96. The van der Waals surface area contributed by atoms with Gasteiger partial charge in [0.1, 0.15) is 6.04 Å². The van der Waals surface area contributed by atoms with Crippen LogP contribution in [0.2, 0.25) is 0 Å². The van der Waals surface area contributed by atoms with E-state index in [0.717, 1.165) is 19.4 Å². The van der Waals surface area contributed by atoms with E-state index in [1.54, 1.807) is 6.92 Å². The second kappa shape index (κ2) is 5.90. The lowest BCUT2D eigenvalue weighted by Gasteiger charge is -2.35. The molecule has 0 aromatic carbocycles. The molecule has 5 heteroatoms. The van der Waals surface area contributed by atoms with Gasteiger partial charge in [-0.25, -0.2) is 0 Å². The van der Waals surface area contributed by atoms with Crippen molar-refractivity contribution in [2.24, 2.45) is 11.1 Å². The van der Waals surface area contributed by atoms with Crippen LogP contribution in [-0.4, -0.2) is 41.4 Å². The van der Waals surface area contributed by atoms with E-state index in [4.69, 9.17) is 5.73 Å². The Hall–Kier alpha value is -1.10. The fraction of sp³-hybridized carbons (Fsp3) is 0.857. The summed E-state index contributed by atoms with van der Waals surface area (Å²) >= 11 is 0. The fourth-order valence-electron chi connectivity index (χ4n) is 2.35. The number of nitrogens with zero attached hydrogens (tertiary/aromatic N) is 1. The van der Waals surface area contributed by atoms with Crippen LogP contribution in [0.3, 0.4) is 0 Å². The van der Waals surface area contributed by atoms with Crippen LogP contribution < -0.4 is 11.1 Å². The Morgan fingerprint density at radius 1 is 1.37 bits per heavy atom. The summed E-state index contributed by atoms with van der Waals surface area (Å²) in [5.74, 6) is -0.272. The molecule has 0 saturated carbocycles. The van der Waals surface area contributed by atoms with Gasteiger partial charge in [0.2, 0.25) is 11.8 Å². The maximum Gasteiger partial charge on any atom is 0.245 e. The molecule has 1 rings (SSSR count). The molecule has 3 atom stereocenters. The molecule has 0 spiro atoms. The van der Waals surface area contributed by atoms with Crippen LogP contribution in [0.1, 0.15) is 47.5 Å². The standard InChI is InChI=1S/C14H27N3O2/c1-9-7-6-8-17(9)13(19)11(14(3,4)5)16-12(18)10(2)15/h9-11H,6-8,15H2,1-5H3,(H,16,18)/t9-,10+,11-/m1/s1. The molecular formula is C14H27N3O2. The van der Waals surface area contributed by atoms with Gasteiger partial charge in [-0.1, -0.05) is 20.8 Å². The van der Waals surface area contributed by atoms with Crippen LogP contribution in [0, 0.1) is 5.41 Å². The van der Waals surface area contributed by atoms with Crippen LogP contribution in [-0.2, 0) is 9.59 Å². The van der Waals surface area contributed by atoms with Crippen LogP contribution in [0.5, 0.6) is 0 Å². The van der Waals surface area contributed by atoms with Crippen molar-refractivity contribution in [3.8, 4) is 0 Å². The Morgan fingerprint density at radius 3 is 2.32 bits per heavy atom. The van der Waals surface area contributed by atoms with E-state index in [1.165, 1.54) is 0 Å². The average Bonchev–Trinajstić information content (AvgIpc) is 2.69. The molecule has 0 unspecified atom stereocenters. The van der Waals surface area contributed by atoms with Crippen molar-refractivity contribution < 1.29 is 9.59 Å². The van der Waals surface area contributed by atoms with Crippen molar-refractivity contribution in [3.05, 3.63) is 0 Å².